The Kier molecular flexibility index (Phi) is 7.69. The van der Waals surface area contributed by atoms with Crippen LogP contribution < -0.4 is 5.32 Å². The van der Waals surface area contributed by atoms with Crippen LogP contribution in [-0.4, -0.2) is 86.6 Å². The molecule has 0 atom stereocenters. The highest BCUT2D eigenvalue weighted by Crippen LogP contribution is 2.35. The Labute approximate surface area is 212 Å². The van der Waals surface area contributed by atoms with Crippen molar-refractivity contribution in [2.75, 3.05) is 39.8 Å². The monoisotopic (exact) mass is 518 g/mol. The summed E-state index contributed by atoms with van der Waals surface area (Å²) in [6, 6.07) is 9.90. The van der Waals surface area contributed by atoms with E-state index in [1.165, 1.54) is 10.6 Å². The van der Waals surface area contributed by atoms with Crippen LogP contribution in [0.3, 0.4) is 0 Å². The van der Waals surface area contributed by atoms with Gasteiger partial charge in [0, 0.05) is 44.5 Å². The van der Waals surface area contributed by atoms with E-state index in [0.29, 0.717) is 17.7 Å². The van der Waals surface area contributed by atoms with Crippen molar-refractivity contribution < 1.29 is 28.2 Å². The number of aryl methyl sites for hydroxylation is 1. The Morgan fingerprint density at radius 2 is 1.70 bits per heavy atom. The average molecular weight is 519 g/mol. The molecule has 0 spiro atoms. The normalized spacial score (nSPS) is 15.2. The molecule has 0 aliphatic carbocycles. The largest absolute Gasteiger partial charge is 0.508 e. The van der Waals surface area contributed by atoms with Crippen LogP contribution in [0, 0.1) is 0 Å². The zero-order valence-electron chi connectivity index (χ0n) is 20.6. The number of hydrogen-bond acceptors (Lipinski definition) is 7. The fourth-order valence-corrected chi connectivity index (χ4v) is 4.21. The summed E-state index contributed by atoms with van der Waals surface area (Å²) in [6.45, 7) is 4.87. The molecule has 1 aliphatic rings. The maximum Gasteiger partial charge on any atom is 0.405 e. The molecule has 9 nitrogen and oxygen atoms in total. The summed E-state index contributed by atoms with van der Waals surface area (Å²) in [5.41, 5.74) is 2.17. The third kappa shape index (κ3) is 6.20. The summed E-state index contributed by atoms with van der Waals surface area (Å²) in [5.74, 6) is -1.79. The molecule has 0 bridgehead atoms. The number of rotatable bonds is 7. The van der Waals surface area contributed by atoms with Gasteiger partial charge in [-0.05, 0) is 42.8 Å². The van der Waals surface area contributed by atoms with Crippen LogP contribution in [0.1, 0.15) is 28.7 Å². The van der Waals surface area contributed by atoms with Gasteiger partial charge in [-0.15, -0.1) is 10.2 Å². The van der Waals surface area contributed by atoms with E-state index in [1.807, 2.05) is 24.4 Å². The number of halogens is 3. The molecule has 0 unspecified atom stereocenters. The van der Waals surface area contributed by atoms with Crippen LogP contribution in [-0.2, 0) is 13.0 Å². The highest BCUT2D eigenvalue weighted by Gasteiger charge is 2.30. The third-order valence-corrected chi connectivity index (χ3v) is 6.33. The van der Waals surface area contributed by atoms with Crippen LogP contribution in [0.2, 0.25) is 0 Å². The van der Waals surface area contributed by atoms with Crippen molar-refractivity contribution in [3.63, 3.8) is 0 Å². The predicted octanol–water partition coefficient (Wildman–Crippen LogP) is 2.95. The van der Waals surface area contributed by atoms with E-state index in [4.69, 9.17) is 0 Å². The Morgan fingerprint density at radius 3 is 2.32 bits per heavy atom. The summed E-state index contributed by atoms with van der Waals surface area (Å²) in [6.07, 6.45) is -4.15. The van der Waals surface area contributed by atoms with Gasteiger partial charge in [0.2, 0.25) is 5.82 Å². The fraction of sp³-hybridized carbons (Fsp3) is 0.400. The van der Waals surface area contributed by atoms with Gasteiger partial charge in [-0.25, -0.2) is 0 Å². The average Bonchev–Trinajstić information content (AvgIpc) is 3.29. The quantitative estimate of drug-likeness (QED) is 0.442. The number of nitrogens with zero attached hydrogens (tertiary/aromatic N) is 5. The molecule has 0 radical (unpaired) electrons. The number of alkyl halides is 3. The first-order valence-electron chi connectivity index (χ1n) is 11.9. The summed E-state index contributed by atoms with van der Waals surface area (Å²) >= 11 is 0. The number of carbonyl (C=O) groups is 1. The molecule has 4 rings (SSSR count). The van der Waals surface area contributed by atoms with Gasteiger partial charge in [0.15, 0.2) is 5.82 Å². The Balaban J connectivity index is 1.71. The number of aromatic nitrogens is 3. The molecule has 1 aromatic heterocycles. The number of carbonyl (C=O) groups excluding carboxylic acids is 1. The van der Waals surface area contributed by atoms with E-state index < -0.39 is 18.6 Å². The van der Waals surface area contributed by atoms with Gasteiger partial charge in [-0.1, -0.05) is 19.1 Å². The lowest BCUT2D eigenvalue weighted by Gasteiger charge is -2.32. The summed E-state index contributed by atoms with van der Waals surface area (Å²) in [4.78, 5) is 17.3. The molecule has 2 heterocycles. The van der Waals surface area contributed by atoms with E-state index in [1.54, 1.807) is 12.1 Å². The van der Waals surface area contributed by atoms with Crippen molar-refractivity contribution >= 4 is 5.91 Å². The number of benzene rings is 2. The summed E-state index contributed by atoms with van der Waals surface area (Å²) < 4.78 is 39.5. The Bertz CT molecular complexity index is 1250. The molecule has 37 heavy (non-hydrogen) atoms. The number of piperazine rings is 1. The van der Waals surface area contributed by atoms with Crippen molar-refractivity contribution in [3.05, 3.63) is 53.3 Å². The van der Waals surface area contributed by atoms with E-state index >= 15 is 0 Å². The first-order chi connectivity index (χ1) is 17.6. The number of phenols is 2. The van der Waals surface area contributed by atoms with Crippen molar-refractivity contribution in [1.29, 1.82) is 0 Å². The smallest absolute Gasteiger partial charge is 0.405 e. The lowest BCUT2D eigenvalue weighted by atomic mass is 10.1. The molecule has 3 aromatic rings. The van der Waals surface area contributed by atoms with Crippen molar-refractivity contribution in [3.8, 4) is 28.6 Å². The SMILES string of the molecule is CCc1cc(-c2nnc(C(=O)NCC(F)(F)F)n2-c2ccc(CN3CCN(C)CC3)cc2)c(O)cc1O. The maximum atomic E-state index is 12.7. The Morgan fingerprint density at radius 1 is 1.03 bits per heavy atom. The lowest BCUT2D eigenvalue weighted by Crippen LogP contribution is -2.43. The summed E-state index contributed by atoms with van der Waals surface area (Å²) in [7, 11) is 2.08. The third-order valence-electron chi connectivity index (χ3n) is 6.33. The molecule has 1 amide bonds. The standard InChI is InChI=1S/C25H29F3N6O3/c1-3-17-12-19(21(36)13-20(17)35)22-30-31-23(24(37)29-15-25(26,27)28)34(22)18-6-4-16(5-7-18)14-33-10-8-32(2)9-11-33/h4-7,12-13,35-36H,3,8-11,14-15H2,1-2H3,(H,29,37). The van der Waals surface area contributed by atoms with Crippen LogP contribution in [0.5, 0.6) is 11.5 Å². The Hall–Kier alpha value is -3.64. The van der Waals surface area contributed by atoms with Crippen LogP contribution in [0.25, 0.3) is 17.1 Å². The van der Waals surface area contributed by atoms with Crippen LogP contribution in [0.15, 0.2) is 36.4 Å². The van der Waals surface area contributed by atoms with E-state index in [0.717, 1.165) is 44.4 Å². The molecule has 1 saturated heterocycles. The highest BCUT2D eigenvalue weighted by atomic mass is 19.4. The van der Waals surface area contributed by atoms with Gasteiger partial charge >= 0.3 is 6.18 Å². The highest BCUT2D eigenvalue weighted by molar-refractivity contribution is 5.92. The predicted molar refractivity (Wildman–Crippen MR) is 131 cm³/mol. The van der Waals surface area contributed by atoms with Crippen molar-refractivity contribution in [2.45, 2.75) is 26.1 Å². The molecule has 2 aromatic carbocycles. The lowest BCUT2D eigenvalue weighted by molar-refractivity contribution is -0.123. The number of amides is 1. The second-order valence-electron chi connectivity index (χ2n) is 9.08. The molecule has 1 aliphatic heterocycles. The molecule has 0 saturated carbocycles. The van der Waals surface area contributed by atoms with Gasteiger partial charge in [-0.3, -0.25) is 14.3 Å². The topological polar surface area (TPSA) is 107 Å². The van der Waals surface area contributed by atoms with Crippen LogP contribution in [0.4, 0.5) is 13.2 Å². The van der Waals surface area contributed by atoms with Crippen LogP contribution >= 0.6 is 0 Å². The van der Waals surface area contributed by atoms with Crippen molar-refractivity contribution in [2.24, 2.45) is 0 Å². The minimum absolute atomic E-state index is 0.0520. The van der Waals surface area contributed by atoms with Gasteiger partial charge in [-0.2, -0.15) is 13.2 Å². The molecular formula is C25H29F3N6O3. The maximum absolute atomic E-state index is 12.7. The zero-order valence-corrected chi connectivity index (χ0v) is 20.6. The zero-order chi connectivity index (χ0) is 26.7. The molecule has 1 fully saturated rings. The first kappa shape index (κ1) is 26.4. The van der Waals surface area contributed by atoms with Gasteiger partial charge in [0.25, 0.3) is 5.91 Å². The van der Waals surface area contributed by atoms with Gasteiger partial charge < -0.3 is 20.4 Å². The first-order valence-corrected chi connectivity index (χ1v) is 11.9. The number of likely N-dealkylation sites (N-methyl/N-ethyl adjacent to an activating group) is 1. The minimum atomic E-state index is -4.60. The number of nitrogens with one attached hydrogen (secondary N) is 1. The van der Waals surface area contributed by atoms with Gasteiger partial charge in [0.1, 0.15) is 18.0 Å². The van der Waals surface area contributed by atoms with E-state index in [-0.39, 0.29) is 28.7 Å². The van der Waals surface area contributed by atoms with Crippen molar-refractivity contribution in [1.82, 2.24) is 29.9 Å². The molecule has 3 N–H and O–H groups in total. The minimum Gasteiger partial charge on any atom is -0.508 e. The second kappa shape index (κ2) is 10.8. The number of hydrogen-bond donors (Lipinski definition) is 3. The molecule has 198 valence electrons. The van der Waals surface area contributed by atoms with E-state index in [2.05, 4.69) is 27.0 Å². The summed E-state index contributed by atoms with van der Waals surface area (Å²) in [5, 5.41) is 30.3. The number of aromatic hydroxyl groups is 2. The number of phenolic OH excluding ortho intramolecular Hbond substituents is 2. The second-order valence-corrected chi connectivity index (χ2v) is 9.08. The van der Waals surface area contributed by atoms with E-state index in [9.17, 15) is 28.2 Å². The molecular weight excluding hydrogens is 489 g/mol. The van der Waals surface area contributed by atoms with Gasteiger partial charge in [0.05, 0.1) is 5.56 Å². The molecule has 12 heteroatoms. The fourth-order valence-electron chi connectivity index (χ4n) is 4.21.